The Labute approximate surface area is 241 Å². The molecule has 8 N–H and O–H groups in total. The average molecular weight is 585 g/mol. The molecule has 226 valence electrons. The maximum atomic E-state index is 14.1. The molecule has 1 saturated carbocycles. The van der Waals surface area contributed by atoms with Gasteiger partial charge in [-0.15, -0.1) is 0 Å². The number of aromatic hydroxyl groups is 1. The molecule has 2 fully saturated rings. The Morgan fingerprint density at radius 2 is 1.76 bits per heavy atom. The van der Waals surface area contributed by atoms with Gasteiger partial charge in [-0.05, 0) is 57.6 Å². The summed E-state index contributed by atoms with van der Waals surface area (Å²) in [6.45, 7) is 3.32. The Morgan fingerprint density at radius 1 is 1.12 bits per heavy atom. The Bertz CT molecular complexity index is 1440. The van der Waals surface area contributed by atoms with Crippen LogP contribution in [-0.4, -0.2) is 110 Å². The van der Waals surface area contributed by atoms with E-state index < -0.39 is 81.4 Å². The number of carbonyl (C=O) groups excluding carboxylic acids is 4. The van der Waals surface area contributed by atoms with Crippen LogP contribution < -0.4 is 11.1 Å². The lowest BCUT2D eigenvalue weighted by Gasteiger charge is -2.53. The molecule has 3 aliphatic carbocycles. The molecule has 4 aliphatic rings. The van der Waals surface area contributed by atoms with Crippen molar-refractivity contribution in [3.63, 3.8) is 0 Å². The van der Waals surface area contributed by atoms with Crippen molar-refractivity contribution >= 4 is 34.8 Å². The summed E-state index contributed by atoms with van der Waals surface area (Å²) in [6.07, 6.45) is 1.40. The molecule has 1 aromatic rings. The number of phenolic OH excluding ortho intramolecular Hbond substituents is 1. The predicted molar refractivity (Wildman–Crippen MR) is 149 cm³/mol. The van der Waals surface area contributed by atoms with Crippen LogP contribution in [0.25, 0.3) is 5.76 Å². The van der Waals surface area contributed by atoms with E-state index in [0.717, 1.165) is 32.4 Å². The monoisotopic (exact) mass is 584 g/mol. The number of ketones is 2. The molecule has 6 atom stereocenters. The smallest absolute Gasteiger partial charge is 0.255 e. The number of amides is 2. The third-order valence-electron chi connectivity index (χ3n) is 9.22. The summed E-state index contributed by atoms with van der Waals surface area (Å²) >= 11 is 0. The highest BCUT2D eigenvalue weighted by atomic mass is 16.4. The fraction of sp³-hybridized carbons (Fsp3) is 0.517. The maximum absolute atomic E-state index is 14.1. The minimum Gasteiger partial charge on any atom is -0.508 e. The van der Waals surface area contributed by atoms with Gasteiger partial charge in [-0.3, -0.25) is 29.0 Å². The van der Waals surface area contributed by atoms with Gasteiger partial charge in [-0.2, -0.15) is 0 Å². The molecule has 2 amide bonds. The van der Waals surface area contributed by atoms with E-state index >= 15 is 0 Å². The van der Waals surface area contributed by atoms with Crippen molar-refractivity contribution in [1.82, 2.24) is 9.80 Å². The third-order valence-corrected chi connectivity index (χ3v) is 9.22. The van der Waals surface area contributed by atoms with E-state index in [1.165, 1.54) is 25.1 Å². The standard InChI is InChI=1S/C29H36N4O9/c1-12-13-7-8-14(31-15(34)11-33-9-5-4-6-10-33)22(35)17(13)23(36)18-16(12)24(37)20-21(32(2)3)25(38)19(28(30)41)27(40)29(20,42)26(18)39/h7-8,12,16,20-21,24,35-37,40,42H,4-6,9-11H2,1-3H3,(H2,30,41)(H,31,34)/t12?,16?,20?,21-,24?,29-/m0/s1. The van der Waals surface area contributed by atoms with Crippen molar-refractivity contribution in [3.05, 3.63) is 40.2 Å². The summed E-state index contributed by atoms with van der Waals surface area (Å²) < 4.78 is 0. The zero-order chi connectivity index (χ0) is 30.8. The third kappa shape index (κ3) is 4.22. The van der Waals surface area contributed by atoms with Crippen LogP contribution in [0.5, 0.6) is 5.75 Å². The quantitative estimate of drug-likeness (QED) is 0.179. The van der Waals surface area contributed by atoms with Gasteiger partial charge >= 0.3 is 0 Å². The van der Waals surface area contributed by atoms with Gasteiger partial charge in [0.05, 0.1) is 35.9 Å². The number of Topliss-reactive ketones (excluding diaryl/α,β-unsaturated/α-hetero) is 2. The second-order valence-electron chi connectivity index (χ2n) is 11.9. The SMILES string of the molecule is CC1c2ccc(NC(=O)CN3CCCCC3)c(O)c2C(O)=C2C(=O)[C@]3(O)C(O)=C(C(N)=O)C(=O)[C@@H](N(C)C)C3C(O)C21. The summed E-state index contributed by atoms with van der Waals surface area (Å²) in [7, 11) is 2.89. The summed E-state index contributed by atoms with van der Waals surface area (Å²) in [5, 5.41) is 59.7. The number of hydrogen-bond donors (Lipinski definition) is 7. The number of nitrogens with zero attached hydrogens (tertiary/aromatic N) is 2. The van der Waals surface area contributed by atoms with Gasteiger partial charge in [0.1, 0.15) is 22.8 Å². The normalized spacial score (nSPS) is 31.5. The van der Waals surface area contributed by atoms with E-state index in [-0.39, 0.29) is 23.7 Å². The molecule has 1 aliphatic heterocycles. The molecule has 13 heteroatoms. The number of carbonyl (C=O) groups is 4. The fourth-order valence-corrected chi connectivity index (χ4v) is 7.23. The molecule has 1 aromatic carbocycles. The molecule has 42 heavy (non-hydrogen) atoms. The van der Waals surface area contributed by atoms with E-state index in [9.17, 15) is 44.7 Å². The largest absolute Gasteiger partial charge is 0.508 e. The van der Waals surface area contributed by atoms with Crippen LogP contribution in [0.4, 0.5) is 5.69 Å². The number of likely N-dealkylation sites (tertiary alicyclic amines) is 1. The van der Waals surface area contributed by atoms with Crippen LogP contribution in [-0.2, 0) is 19.2 Å². The molecule has 5 rings (SSSR count). The Morgan fingerprint density at radius 3 is 2.36 bits per heavy atom. The molecular weight excluding hydrogens is 548 g/mol. The lowest BCUT2D eigenvalue weighted by Crippen LogP contribution is -2.70. The number of rotatable bonds is 5. The van der Waals surface area contributed by atoms with Crippen molar-refractivity contribution in [2.75, 3.05) is 39.0 Å². The van der Waals surface area contributed by atoms with Gasteiger partial charge in [0.25, 0.3) is 5.91 Å². The summed E-state index contributed by atoms with van der Waals surface area (Å²) in [6, 6.07) is 1.60. The van der Waals surface area contributed by atoms with Gasteiger partial charge in [-0.25, -0.2) is 0 Å². The molecule has 13 nitrogen and oxygen atoms in total. The first kappa shape index (κ1) is 29.7. The topological polar surface area (TPSA) is 214 Å². The van der Waals surface area contributed by atoms with Gasteiger partial charge in [0, 0.05) is 11.5 Å². The van der Waals surface area contributed by atoms with Gasteiger partial charge in [0.2, 0.25) is 11.7 Å². The highest BCUT2D eigenvalue weighted by Crippen LogP contribution is 2.56. The zero-order valence-electron chi connectivity index (χ0n) is 23.6. The van der Waals surface area contributed by atoms with Crippen molar-refractivity contribution < 1.29 is 44.7 Å². The fourth-order valence-electron chi connectivity index (χ4n) is 7.23. The molecule has 0 bridgehead atoms. The lowest BCUT2D eigenvalue weighted by atomic mass is 9.54. The summed E-state index contributed by atoms with van der Waals surface area (Å²) in [4.78, 5) is 55.5. The highest BCUT2D eigenvalue weighted by Gasteiger charge is 2.68. The molecule has 0 spiro atoms. The minimum atomic E-state index is -2.99. The first-order chi connectivity index (χ1) is 19.7. The molecular formula is C29H36N4O9. The molecule has 0 radical (unpaired) electrons. The van der Waals surface area contributed by atoms with Crippen molar-refractivity contribution in [1.29, 1.82) is 0 Å². The number of anilines is 1. The van der Waals surface area contributed by atoms with E-state index in [2.05, 4.69) is 5.32 Å². The molecule has 1 heterocycles. The number of nitrogens with two attached hydrogens (primary N) is 1. The number of hydrogen-bond acceptors (Lipinski definition) is 11. The Hall–Kier alpha value is -3.78. The van der Waals surface area contributed by atoms with Crippen molar-refractivity contribution in [2.45, 2.75) is 49.9 Å². The van der Waals surface area contributed by atoms with Crippen LogP contribution in [0.1, 0.15) is 43.2 Å². The van der Waals surface area contributed by atoms with Gasteiger partial charge in [-0.1, -0.05) is 19.4 Å². The zero-order valence-corrected chi connectivity index (χ0v) is 23.6. The summed E-state index contributed by atoms with van der Waals surface area (Å²) in [5.74, 6) is -10.1. The maximum Gasteiger partial charge on any atom is 0.255 e. The number of likely N-dealkylation sites (N-methyl/N-ethyl adjacent to an activating group) is 1. The molecule has 1 saturated heterocycles. The first-order valence-corrected chi connectivity index (χ1v) is 13.9. The van der Waals surface area contributed by atoms with E-state index in [4.69, 9.17) is 5.73 Å². The number of fused-ring (bicyclic) bond motifs is 3. The Kier molecular flexibility index (Phi) is 7.42. The number of aliphatic hydroxyl groups is 4. The van der Waals surface area contributed by atoms with E-state index in [1.807, 2.05) is 4.90 Å². The van der Waals surface area contributed by atoms with Crippen LogP contribution >= 0.6 is 0 Å². The number of primary amides is 1. The molecule has 4 unspecified atom stereocenters. The average Bonchev–Trinajstić information content (AvgIpc) is 2.92. The second-order valence-corrected chi connectivity index (χ2v) is 11.9. The lowest BCUT2D eigenvalue weighted by molar-refractivity contribution is -0.169. The Balaban J connectivity index is 1.61. The van der Waals surface area contributed by atoms with Crippen LogP contribution in [0, 0.1) is 11.8 Å². The van der Waals surface area contributed by atoms with E-state index in [0.29, 0.717) is 5.56 Å². The highest BCUT2D eigenvalue weighted by molar-refractivity contribution is 6.24. The van der Waals surface area contributed by atoms with E-state index in [1.54, 1.807) is 13.0 Å². The number of aliphatic hydroxyl groups excluding tert-OH is 3. The number of nitrogens with one attached hydrogen (secondary N) is 1. The van der Waals surface area contributed by atoms with Crippen LogP contribution in [0.3, 0.4) is 0 Å². The van der Waals surface area contributed by atoms with Crippen LogP contribution in [0.15, 0.2) is 29.0 Å². The predicted octanol–water partition coefficient (Wildman–Crippen LogP) is -0.0798. The number of phenols is 1. The molecule has 0 aromatic heterocycles. The number of benzene rings is 1. The van der Waals surface area contributed by atoms with Gasteiger partial charge in [0.15, 0.2) is 11.4 Å². The summed E-state index contributed by atoms with van der Waals surface area (Å²) in [5.41, 5.74) is 1.05. The van der Waals surface area contributed by atoms with Crippen molar-refractivity contribution in [3.8, 4) is 5.75 Å². The van der Waals surface area contributed by atoms with Crippen molar-refractivity contribution in [2.24, 2.45) is 17.6 Å². The van der Waals surface area contributed by atoms with Crippen LogP contribution in [0.2, 0.25) is 0 Å². The first-order valence-electron chi connectivity index (χ1n) is 13.9. The minimum absolute atomic E-state index is 0.0105. The second kappa shape index (κ2) is 10.5. The van der Waals surface area contributed by atoms with Gasteiger partial charge < -0.3 is 36.6 Å². The number of piperidine rings is 1.